The van der Waals surface area contributed by atoms with Gasteiger partial charge in [0.15, 0.2) is 0 Å². The van der Waals surface area contributed by atoms with Crippen LogP contribution in [-0.2, 0) is 16.1 Å². The van der Waals surface area contributed by atoms with Gasteiger partial charge in [-0.05, 0) is 25.5 Å². The summed E-state index contributed by atoms with van der Waals surface area (Å²) < 4.78 is 10.1. The van der Waals surface area contributed by atoms with Gasteiger partial charge in [0.25, 0.3) is 0 Å². The van der Waals surface area contributed by atoms with Crippen molar-refractivity contribution in [3.8, 4) is 5.88 Å². The first-order chi connectivity index (χ1) is 9.26. The Bertz CT molecular complexity index is 436. The summed E-state index contributed by atoms with van der Waals surface area (Å²) in [6.07, 6.45) is 4.74. The summed E-state index contributed by atoms with van der Waals surface area (Å²) in [5.41, 5.74) is 1.00. The fourth-order valence-electron chi connectivity index (χ4n) is 2.53. The Morgan fingerprint density at radius 2 is 2.32 bits per heavy atom. The Kier molecular flexibility index (Phi) is 4.74. The topological polar surface area (TPSA) is 51.7 Å². The van der Waals surface area contributed by atoms with Gasteiger partial charge in [0, 0.05) is 18.3 Å². The standard InChI is InChI=1S/C14H20N2O3/c1-18-13-11(6-5-8-15-13)10-16-9-4-3-7-12(16)14(17)19-2/h5-6,8,12H,3-4,7,9-10H2,1-2H3. The largest absolute Gasteiger partial charge is 0.481 e. The Labute approximate surface area is 113 Å². The van der Waals surface area contributed by atoms with Gasteiger partial charge in [-0.15, -0.1) is 0 Å². The molecule has 1 saturated heterocycles. The molecule has 1 aliphatic heterocycles. The van der Waals surface area contributed by atoms with E-state index in [4.69, 9.17) is 9.47 Å². The number of rotatable bonds is 4. The van der Waals surface area contributed by atoms with Crippen molar-refractivity contribution < 1.29 is 14.3 Å². The first-order valence-electron chi connectivity index (χ1n) is 6.56. The molecule has 0 aliphatic carbocycles. The predicted molar refractivity (Wildman–Crippen MR) is 70.9 cm³/mol. The van der Waals surface area contributed by atoms with Crippen LogP contribution in [0.4, 0.5) is 0 Å². The Morgan fingerprint density at radius 1 is 1.47 bits per heavy atom. The second kappa shape index (κ2) is 6.52. The van der Waals surface area contributed by atoms with Crippen molar-refractivity contribution in [2.75, 3.05) is 20.8 Å². The zero-order valence-corrected chi connectivity index (χ0v) is 11.5. The third kappa shape index (κ3) is 3.23. The molecule has 0 aromatic carbocycles. The number of hydrogen-bond acceptors (Lipinski definition) is 5. The highest BCUT2D eigenvalue weighted by Gasteiger charge is 2.29. The van der Waals surface area contributed by atoms with Crippen LogP contribution in [0.1, 0.15) is 24.8 Å². The lowest BCUT2D eigenvalue weighted by atomic mass is 10.0. The van der Waals surface area contributed by atoms with Crippen LogP contribution in [0.2, 0.25) is 0 Å². The molecule has 5 heteroatoms. The van der Waals surface area contributed by atoms with E-state index in [1.54, 1.807) is 13.3 Å². The van der Waals surface area contributed by atoms with Gasteiger partial charge >= 0.3 is 5.97 Å². The van der Waals surface area contributed by atoms with E-state index < -0.39 is 0 Å². The van der Waals surface area contributed by atoms with E-state index in [2.05, 4.69) is 9.88 Å². The summed E-state index contributed by atoms with van der Waals surface area (Å²) in [6, 6.07) is 3.72. The van der Waals surface area contributed by atoms with Crippen LogP contribution < -0.4 is 4.74 Å². The number of ether oxygens (including phenoxy) is 2. The van der Waals surface area contributed by atoms with Crippen LogP contribution in [0.3, 0.4) is 0 Å². The molecule has 0 amide bonds. The lowest BCUT2D eigenvalue weighted by Gasteiger charge is -2.33. The van der Waals surface area contributed by atoms with E-state index >= 15 is 0 Å². The maximum atomic E-state index is 11.8. The summed E-state index contributed by atoms with van der Waals surface area (Å²) >= 11 is 0. The van der Waals surface area contributed by atoms with E-state index in [0.29, 0.717) is 12.4 Å². The van der Waals surface area contributed by atoms with Gasteiger partial charge in [-0.2, -0.15) is 0 Å². The van der Waals surface area contributed by atoms with Gasteiger partial charge in [0.05, 0.1) is 14.2 Å². The molecule has 104 valence electrons. The molecule has 0 saturated carbocycles. The monoisotopic (exact) mass is 264 g/mol. The first-order valence-corrected chi connectivity index (χ1v) is 6.56. The van der Waals surface area contributed by atoms with Crippen molar-refractivity contribution in [3.05, 3.63) is 23.9 Å². The molecule has 1 fully saturated rings. The molecule has 1 aliphatic rings. The van der Waals surface area contributed by atoms with E-state index in [9.17, 15) is 4.79 Å². The zero-order valence-electron chi connectivity index (χ0n) is 11.5. The lowest BCUT2D eigenvalue weighted by molar-refractivity contribution is -0.148. The molecule has 0 radical (unpaired) electrons. The average Bonchev–Trinajstić information content (AvgIpc) is 2.47. The molecule has 0 bridgehead atoms. The van der Waals surface area contributed by atoms with Crippen LogP contribution in [0, 0.1) is 0 Å². The third-order valence-electron chi connectivity index (χ3n) is 3.50. The minimum atomic E-state index is -0.150. The Morgan fingerprint density at radius 3 is 3.05 bits per heavy atom. The quantitative estimate of drug-likeness (QED) is 0.773. The molecule has 5 nitrogen and oxygen atoms in total. The fourth-order valence-corrected chi connectivity index (χ4v) is 2.53. The number of carbonyl (C=O) groups is 1. The summed E-state index contributed by atoms with van der Waals surface area (Å²) in [5, 5.41) is 0. The summed E-state index contributed by atoms with van der Waals surface area (Å²) in [7, 11) is 3.06. The number of carbonyl (C=O) groups excluding carboxylic acids is 1. The molecule has 1 unspecified atom stereocenters. The minimum Gasteiger partial charge on any atom is -0.481 e. The highest BCUT2D eigenvalue weighted by molar-refractivity contribution is 5.75. The number of likely N-dealkylation sites (tertiary alicyclic amines) is 1. The number of hydrogen-bond donors (Lipinski definition) is 0. The molecular formula is C14H20N2O3. The number of aromatic nitrogens is 1. The molecule has 1 atom stereocenters. The average molecular weight is 264 g/mol. The minimum absolute atomic E-state index is 0.149. The lowest BCUT2D eigenvalue weighted by Crippen LogP contribution is -2.44. The zero-order chi connectivity index (χ0) is 13.7. The summed E-state index contributed by atoms with van der Waals surface area (Å²) in [6.45, 7) is 1.56. The summed E-state index contributed by atoms with van der Waals surface area (Å²) in [4.78, 5) is 18.1. The van der Waals surface area contributed by atoms with Gasteiger partial charge in [-0.25, -0.2) is 4.98 Å². The molecular weight excluding hydrogens is 244 g/mol. The molecule has 2 rings (SSSR count). The number of methoxy groups -OCH3 is 2. The second-order valence-corrected chi connectivity index (χ2v) is 4.68. The van der Waals surface area contributed by atoms with Gasteiger partial charge in [-0.3, -0.25) is 9.69 Å². The fraction of sp³-hybridized carbons (Fsp3) is 0.571. The Hall–Kier alpha value is -1.62. The van der Waals surface area contributed by atoms with Crippen LogP contribution in [0.25, 0.3) is 0 Å². The number of nitrogens with zero attached hydrogens (tertiary/aromatic N) is 2. The maximum Gasteiger partial charge on any atom is 0.323 e. The highest BCUT2D eigenvalue weighted by Crippen LogP contribution is 2.23. The smallest absolute Gasteiger partial charge is 0.323 e. The van der Waals surface area contributed by atoms with Crippen molar-refractivity contribution in [2.45, 2.75) is 31.8 Å². The second-order valence-electron chi connectivity index (χ2n) is 4.68. The van der Waals surface area contributed by atoms with E-state index in [0.717, 1.165) is 31.4 Å². The molecule has 0 N–H and O–H groups in total. The van der Waals surface area contributed by atoms with Crippen LogP contribution in [-0.4, -0.2) is 42.7 Å². The van der Waals surface area contributed by atoms with Gasteiger partial charge in [-0.1, -0.05) is 12.5 Å². The molecule has 1 aromatic rings. The van der Waals surface area contributed by atoms with Crippen LogP contribution in [0.5, 0.6) is 5.88 Å². The van der Waals surface area contributed by atoms with Gasteiger partial charge in [0.2, 0.25) is 5.88 Å². The highest BCUT2D eigenvalue weighted by atomic mass is 16.5. The first kappa shape index (κ1) is 13.8. The molecule has 1 aromatic heterocycles. The normalized spacial score (nSPS) is 20.0. The van der Waals surface area contributed by atoms with E-state index in [1.807, 2.05) is 12.1 Å². The predicted octanol–water partition coefficient (Wildman–Crippen LogP) is 1.62. The van der Waals surface area contributed by atoms with Crippen molar-refractivity contribution in [3.63, 3.8) is 0 Å². The number of pyridine rings is 1. The number of esters is 1. The van der Waals surface area contributed by atoms with Crippen molar-refractivity contribution in [2.24, 2.45) is 0 Å². The van der Waals surface area contributed by atoms with Crippen LogP contribution >= 0.6 is 0 Å². The number of piperidine rings is 1. The third-order valence-corrected chi connectivity index (χ3v) is 3.50. The van der Waals surface area contributed by atoms with Crippen molar-refractivity contribution in [1.82, 2.24) is 9.88 Å². The van der Waals surface area contributed by atoms with E-state index in [1.165, 1.54) is 7.11 Å². The van der Waals surface area contributed by atoms with E-state index in [-0.39, 0.29) is 12.0 Å². The SMILES string of the molecule is COC(=O)C1CCCCN1Cc1cccnc1OC. The molecule has 2 heterocycles. The Balaban J connectivity index is 2.13. The van der Waals surface area contributed by atoms with Gasteiger partial charge < -0.3 is 9.47 Å². The molecule has 19 heavy (non-hydrogen) atoms. The summed E-state index contributed by atoms with van der Waals surface area (Å²) in [5.74, 6) is 0.472. The maximum absolute atomic E-state index is 11.8. The van der Waals surface area contributed by atoms with Crippen molar-refractivity contribution >= 4 is 5.97 Å². The molecule has 0 spiro atoms. The van der Waals surface area contributed by atoms with Gasteiger partial charge in [0.1, 0.15) is 6.04 Å². The van der Waals surface area contributed by atoms with Crippen LogP contribution in [0.15, 0.2) is 18.3 Å². The van der Waals surface area contributed by atoms with Crippen molar-refractivity contribution in [1.29, 1.82) is 0 Å².